The molecule has 3 rings (SSSR count). The number of nitriles is 1. The second-order valence-corrected chi connectivity index (χ2v) is 4.93. The molecule has 0 fully saturated rings. The molecule has 0 amide bonds. The van der Waals surface area contributed by atoms with Gasteiger partial charge in [0.05, 0.1) is 18.2 Å². The van der Waals surface area contributed by atoms with Crippen molar-refractivity contribution in [3.05, 3.63) is 52.9 Å². The van der Waals surface area contributed by atoms with Crippen molar-refractivity contribution in [2.24, 2.45) is 0 Å². The van der Waals surface area contributed by atoms with Crippen molar-refractivity contribution < 1.29 is 0 Å². The van der Waals surface area contributed by atoms with Crippen LogP contribution in [0.4, 0.5) is 0 Å². The highest BCUT2D eigenvalue weighted by atomic mass is 32.1. The van der Waals surface area contributed by atoms with E-state index in [1.165, 1.54) is 10.8 Å². The van der Waals surface area contributed by atoms with Gasteiger partial charge in [-0.3, -0.25) is 0 Å². The molecule has 2 nitrogen and oxygen atoms in total. The topological polar surface area (TPSA) is 36.7 Å². The molecule has 3 aromatic rings. The minimum absolute atomic E-state index is 0.384. The van der Waals surface area contributed by atoms with Crippen molar-refractivity contribution in [3.8, 4) is 17.3 Å². The Balaban J connectivity index is 2.16. The van der Waals surface area contributed by atoms with Crippen LogP contribution in [0.25, 0.3) is 22.0 Å². The first-order valence-corrected chi connectivity index (χ1v) is 6.56. The molecule has 0 aliphatic heterocycles. The molecule has 0 spiro atoms. The number of thiazole rings is 1. The lowest BCUT2D eigenvalue weighted by molar-refractivity contribution is 1.19. The Hall–Kier alpha value is -2.18. The van der Waals surface area contributed by atoms with Crippen molar-refractivity contribution in [2.45, 2.75) is 6.42 Å². The summed E-state index contributed by atoms with van der Waals surface area (Å²) in [5, 5.41) is 14.0. The second-order valence-electron chi connectivity index (χ2n) is 3.99. The summed E-state index contributed by atoms with van der Waals surface area (Å²) in [5.74, 6) is 0. The number of aromatic nitrogens is 1. The number of hydrogen-bond acceptors (Lipinski definition) is 3. The van der Waals surface area contributed by atoms with E-state index in [9.17, 15) is 0 Å². The van der Waals surface area contributed by atoms with Gasteiger partial charge in [-0.15, -0.1) is 11.3 Å². The average Bonchev–Trinajstić information content (AvgIpc) is 2.87. The van der Waals surface area contributed by atoms with E-state index in [4.69, 9.17) is 5.26 Å². The third kappa shape index (κ3) is 1.87. The van der Waals surface area contributed by atoms with Crippen molar-refractivity contribution >= 4 is 22.1 Å². The molecule has 18 heavy (non-hydrogen) atoms. The SMILES string of the molecule is N#CCc1nc(-c2cccc3ccccc23)cs1. The van der Waals surface area contributed by atoms with Crippen LogP contribution >= 0.6 is 11.3 Å². The van der Waals surface area contributed by atoms with Gasteiger partial charge in [0.2, 0.25) is 0 Å². The zero-order valence-corrected chi connectivity index (χ0v) is 10.4. The van der Waals surface area contributed by atoms with Crippen LogP contribution in [0.15, 0.2) is 47.8 Å². The van der Waals surface area contributed by atoms with E-state index < -0.39 is 0 Å². The van der Waals surface area contributed by atoms with Crippen LogP contribution < -0.4 is 0 Å². The second kappa shape index (κ2) is 4.59. The van der Waals surface area contributed by atoms with Crippen LogP contribution in [-0.4, -0.2) is 4.98 Å². The van der Waals surface area contributed by atoms with E-state index in [0.717, 1.165) is 16.3 Å². The summed E-state index contributed by atoms with van der Waals surface area (Å²) in [4.78, 5) is 4.52. The maximum Gasteiger partial charge on any atom is 0.107 e. The van der Waals surface area contributed by atoms with Gasteiger partial charge in [-0.1, -0.05) is 42.5 Å². The fourth-order valence-electron chi connectivity index (χ4n) is 2.03. The minimum atomic E-state index is 0.384. The first-order chi connectivity index (χ1) is 8.88. The molecule has 0 saturated heterocycles. The molecule has 0 aliphatic rings. The van der Waals surface area contributed by atoms with Gasteiger partial charge in [-0.25, -0.2) is 4.98 Å². The lowest BCUT2D eigenvalue weighted by atomic mass is 10.0. The molecule has 0 saturated carbocycles. The highest BCUT2D eigenvalue weighted by Crippen LogP contribution is 2.29. The molecule has 0 bridgehead atoms. The number of nitrogens with zero attached hydrogens (tertiary/aromatic N) is 2. The lowest BCUT2D eigenvalue weighted by Crippen LogP contribution is -1.83. The van der Waals surface area contributed by atoms with Gasteiger partial charge in [0.1, 0.15) is 5.01 Å². The third-order valence-corrected chi connectivity index (χ3v) is 3.70. The summed E-state index contributed by atoms with van der Waals surface area (Å²) in [7, 11) is 0. The predicted molar refractivity (Wildman–Crippen MR) is 74.4 cm³/mol. The molecule has 3 heteroatoms. The van der Waals surface area contributed by atoms with Gasteiger partial charge in [-0.2, -0.15) is 5.26 Å². The maximum atomic E-state index is 8.69. The maximum absolute atomic E-state index is 8.69. The Labute approximate surface area is 109 Å². The smallest absolute Gasteiger partial charge is 0.107 e. The summed E-state index contributed by atoms with van der Waals surface area (Å²) < 4.78 is 0. The summed E-state index contributed by atoms with van der Waals surface area (Å²) >= 11 is 1.54. The molecular formula is C15H10N2S. The van der Waals surface area contributed by atoms with E-state index in [-0.39, 0.29) is 0 Å². The Morgan fingerprint density at radius 2 is 1.94 bits per heavy atom. The van der Waals surface area contributed by atoms with E-state index in [1.54, 1.807) is 11.3 Å². The molecule has 86 valence electrons. The van der Waals surface area contributed by atoms with E-state index in [2.05, 4.69) is 35.3 Å². The molecule has 0 N–H and O–H groups in total. The number of hydrogen-bond donors (Lipinski definition) is 0. The number of rotatable bonds is 2. The average molecular weight is 250 g/mol. The van der Waals surface area contributed by atoms with Crippen LogP contribution in [0.5, 0.6) is 0 Å². The van der Waals surface area contributed by atoms with Gasteiger partial charge in [0.15, 0.2) is 0 Å². The molecule has 1 heterocycles. The Morgan fingerprint density at radius 3 is 2.83 bits per heavy atom. The Bertz CT molecular complexity index is 732. The Kier molecular flexibility index (Phi) is 2.79. The number of fused-ring (bicyclic) bond motifs is 1. The van der Waals surface area contributed by atoms with Crippen LogP contribution in [0.1, 0.15) is 5.01 Å². The minimum Gasteiger partial charge on any atom is -0.240 e. The van der Waals surface area contributed by atoms with Gasteiger partial charge < -0.3 is 0 Å². The van der Waals surface area contributed by atoms with E-state index >= 15 is 0 Å². The molecule has 0 radical (unpaired) electrons. The summed E-state index contributed by atoms with van der Waals surface area (Å²) in [6.07, 6.45) is 0.384. The van der Waals surface area contributed by atoms with Gasteiger partial charge >= 0.3 is 0 Å². The molecule has 0 atom stereocenters. The van der Waals surface area contributed by atoms with E-state index in [1.807, 2.05) is 23.6 Å². The molecule has 1 aromatic heterocycles. The molecule has 2 aromatic carbocycles. The monoisotopic (exact) mass is 250 g/mol. The van der Waals surface area contributed by atoms with Crippen LogP contribution in [0.2, 0.25) is 0 Å². The van der Waals surface area contributed by atoms with Crippen molar-refractivity contribution in [3.63, 3.8) is 0 Å². The summed E-state index contributed by atoms with van der Waals surface area (Å²) in [6, 6.07) is 16.6. The van der Waals surface area contributed by atoms with Crippen molar-refractivity contribution in [1.29, 1.82) is 5.26 Å². The fourth-order valence-corrected chi connectivity index (χ4v) is 2.76. The van der Waals surface area contributed by atoms with Gasteiger partial charge in [-0.05, 0) is 10.8 Å². The lowest BCUT2D eigenvalue weighted by Gasteiger charge is -2.03. The predicted octanol–water partition coefficient (Wildman–Crippen LogP) is 4.03. The molecular weight excluding hydrogens is 240 g/mol. The summed E-state index contributed by atoms with van der Waals surface area (Å²) in [6.45, 7) is 0. The Morgan fingerprint density at radius 1 is 1.11 bits per heavy atom. The molecule has 0 unspecified atom stereocenters. The van der Waals surface area contributed by atoms with Crippen molar-refractivity contribution in [1.82, 2.24) is 4.98 Å². The van der Waals surface area contributed by atoms with Crippen molar-refractivity contribution in [2.75, 3.05) is 0 Å². The van der Waals surface area contributed by atoms with Crippen LogP contribution in [-0.2, 0) is 6.42 Å². The highest BCUT2D eigenvalue weighted by Gasteiger charge is 2.07. The van der Waals surface area contributed by atoms with Crippen LogP contribution in [0.3, 0.4) is 0 Å². The highest BCUT2D eigenvalue weighted by molar-refractivity contribution is 7.10. The zero-order valence-electron chi connectivity index (χ0n) is 9.63. The first kappa shape index (κ1) is 10.9. The van der Waals surface area contributed by atoms with Gasteiger partial charge in [0, 0.05) is 10.9 Å². The normalized spacial score (nSPS) is 10.4. The van der Waals surface area contributed by atoms with Crippen LogP contribution in [0, 0.1) is 11.3 Å². The standard InChI is InChI=1S/C15H10N2S/c16-9-8-15-17-14(10-18-15)13-7-3-5-11-4-1-2-6-12(11)13/h1-7,10H,8H2. The fraction of sp³-hybridized carbons (Fsp3) is 0.0667. The van der Waals surface area contributed by atoms with E-state index in [0.29, 0.717) is 6.42 Å². The number of benzene rings is 2. The zero-order chi connectivity index (χ0) is 12.4. The quantitative estimate of drug-likeness (QED) is 0.688. The molecule has 0 aliphatic carbocycles. The third-order valence-electron chi connectivity index (χ3n) is 2.85. The van der Waals surface area contributed by atoms with Gasteiger partial charge in [0.25, 0.3) is 0 Å². The largest absolute Gasteiger partial charge is 0.240 e. The summed E-state index contributed by atoms with van der Waals surface area (Å²) in [5.41, 5.74) is 2.09. The first-order valence-electron chi connectivity index (χ1n) is 5.68.